The molecule has 2 aromatic rings. The van der Waals surface area contributed by atoms with Gasteiger partial charge in [0.2, 0.25) is 0 Å². The highest BCUT2D eigenvalue weighted by molar-refractivity contribution is 5.39. The standard InChI is InChI=1S/C17H25N3/c1-12-7-6-8-16(9-12)20-15(4)17(14(3)19-20)10-13(2)11-18-5/h6-9,13,18H,10-11H2,1-5H3. The van der Waals surface area contributed by atoms with Gasteiger partial charge < -0.3 is 5.32 Å². The summed E-state index contributed by atoms with van der Waals surface area (Å²) in [6.45, 7) is 9.71. The molecule has 1 aromatic heterocycles. The Kier molecular flexibility index (Phi) is 4.61. The molecule has 0 bridgehead atoms. The smallest absolute Gasteiger partial charge is 0.0651 e. The molecule has 0 aliphatic heterocycles. The van der Waals surface area contributed by atoms with Gasteiger partial charge in [0.1, 0.15) is 0 Å². The van der Waals surface area contributed by atoms with E-state index >= 15 is 0 Å². The molecule has 0 saturated heterocycles. The fourth-order valence-corrected chi connectivity index (χ4v) is 2.75. The molecule has 108 valence electrons. The van der Waals surface area contributed by atoms with E-state index in [-0.39, 0.29) is 0 Å². The molecule has 0 aliphatic rings. The van der Waals surface area contributed by atoms with Crippen LogP contribution in [0.3, 0.4) is 0 Å². The summed E-state index contributed by atoms with van der Waals surface area (Å²) in [5.41, 5.74) is 6.20. The maximum Gasteiger partial charge on any atom is 0.0651 e. The van der Waals surface area contributed by atoms with Gasteiger partial charge in [0, 0.05) is 5.69 Å². The van der Waals surface area contributed by atoms with Crippen molar-refractivity contribution in [2.24, 2.45) is 5.92 Å². The quantitative estimate of drug-likeness (QED) is 0.905. The molecule has 2 rings (SSSR count). The molecular formula is C17H25N3. The number of benzene rings is 1. The van der Waals surface area contributed by atoms with E-state index in [0.717, 1.165) is 24.3 Å². The molecule has 20 heavy (non-hydrogen) atoms. The Morgan fingerprint density at radius 1 is 1.25 bits per heavy atom. The Morgan fingerprint density at radius 3 is 2.65 bits per heavy atom. The minimum atomic E-state index is 0.618. The van der Waals surface area contributed by atoms with Crippen LogP contribution in [0.25, 0.3) is 5.69 Å². The molecule has 1 unspecified atom stereocenters. The minimum absolute atomic E-state index is 0.618. The first-order valence-electron chi connectivity index (χ1n) is 7.29. The fraction of sp³-hybridized carbons (Fsp3) is 0.471. The summed E-state index contributed by atoms with van der Waals surface area (Å²) in [6, 6.07) is 8.50. The van der Waals surface area contributed by atoms with E-state index in [1.54, 1.807) is 0 Å². The molecular weight excluding hydrogens is 246 g/mol. The largest absolute Gasteiger partial charge is 0.319 e. The van der Waals surface area contributed by atoms with E-state index in [2.05, 4.69) is 62.0 Å². The SMILES string of the molecule is CNCC(C)Cc1c(C)nn(-c2cccc(C)c2)c1C. The van der Waals surface area contributed by atoms with Gasteiger partial charge in [0.15, 0.2) is 0 Å². The van der Waals surface area contributed by atoms with Gasteiger partial charge in [-0.25, -0.2) is 4.68 Å². The zero-order chi connectivity index (χ0) is 14.7. The van der Waals surface area contributed by atoms with Gasteiger partial charge >= 0.3 is 0 Å². The summed E-state index contributed by atoms with van der Waals surface area (Å²) in [4.78, 5) is 0. The van der Waals surface area contributed by atoms with Crippen LogP contribution in [0, 0.1) is 26.7 Å². The van der Waals surface area contributed by atoms with Gasteiger partial charge in [0.25, 0.3) is 0 Å². The monoisotopic (exact) mass is 271 g/mol. The van der Waals surface area contributed by atoms with Crippen LogP contribution in [0.5, 0.6) is 0 Å². The molecule has 0 aliphatic carbocycles. The van der Waals surface area contributed by atoms with Gasteiger partial charge in [0.05, 0.1) is 11.4 Å². The second-order valence-electron chi connectivity index (χ2n) is 5.77. The average molecular weight is 271 g/mol. The second kappa shape index (κ2) is 6.23. The van der Waals surface area contributed by atoms with E-state index in [0.29, 0.717) is 5.92 Å². The lowest BCUT2D eigenvalue weighted by Crippen LogP contribution is -2.18. The Morgan fingerprint density at radius 2 is 2.00 bits per heavy atom. The molecule has 1 aromatic carbocycles. The number of hydrogen-bond donors (Lipinski definition) is 1. The van der Waals surface area contributed by atoms with Gasteiger partial charge in [-0.1, -0.05) is 19.1 Å². The first kappa shape index (κ1) is 14.8. The highest BCUT2D eigenvalue weighted by atomic mass is 15.3. The van der Waals surface area contributed by atoms with E-state index in [9.17, 15) is 0 Å². The lowest BCUT2D eigenvalue weighted by atomic mass is 9.99. The zero-order valence-electron chi connectivity index (χ0n) is 13.2. The van der Waals surface area contributed by atoms with Crippen LogP contribution in [-0.2, 0) is 6.42 Å². The maximum atomic E-state index is 4.73. The zero-order valence-corrected chi connectivity index (χ0v) is 13.2. The molecule has 0 amide bonds. The van der Waals surface area contributed by atoms with Crippen molar-refractivity contribution in [3.63, 3.8) is 0 Å². The summed E-state index contributed by atoms with van der Waals surface area (Å²) in [7, 11) is 2.01. The number of aryl methyl sites for hydroxylation is 2. The molecule has 0 spiro atoms. The van der Waals surface area contributed by atoms with Crippen molar-refractivity contribution in [1.82, 2.24) is 15.1 Å². The molecule has 3 heteroatoms. The topological polar surface area (TPSA) is 29.9 Å². The fourth-order valence-electron chi connectivity index (χ4n) is 2.75. The van der Waals surface area contributed by atoms with E-state index in [1.807, 2.05) is 7.05 Å². The predicted molar refractivity (Wildman–Crippen MR) is 84.6 cm³/mol. The lowest BCUT2D eigenvalue weighted by Gasteiger charge is -2.11. The van der Waals surface area contributed by atoms with Crippen molar-refractivity contribution in [2.45, 2.75) is 34.1 Å². The van der Waals surface area contributed by atoms with E-state index in [1.165, 1.54) is 16.8 Å². The summed E-state index contributed by atoms with van der Waals surface area (Å²) in [5.74, 6) is 0.618. The van der Waals surface area contributed by atoms with Gasteiger partial charge in [-0.2, -0.15) is 5.10 Å². The molecule has 3 nitrogen and oxygen atoms in total. The van der Waals surface area contributed by atoms with Crippen molar-refractivity contribution in [3.05, 3.63) is 46.8 Å². The van der Waals surface area contributed by atoms with Crippen LogP contribution in [0.15, 0.2) is 24.3 Å². The van der Waals surface area contributed by atoms with Crippen LogP contribution in [0.2, 0.25) is 0 Å². The van der Waals surface area contributed by atoms with Gasteiger partial charge in [-0.3, -0.25) is 0 Å². The summed E-state index contributed by atoms with van der Waals surface area (Å²) >= 11 is 0. The van der Waals surface area contributed by atoms with Crippen molar-refractivity contribution in [1.29, 1.82) is 0 Å². The number of aromatic nitrogens is 2. The Hall–Kier alpha value is -1.61. The van der Waals surface area contributed by atoms with Crippen LogP contribution >= 0.6 is 0 Å². The Bertz CT molecular complexity index is 584. The lowest BCUT2D eigenvalue weighted by molar-refractivity contribution is 0.539. The Balaban J connectivity index is 2.33. The van der Waals surface area contributed by atoms with Crippen molar-refractivity contribution in [2.75, 3.05) is 13.6 Å². The summed E-state index contributed by atoms with van der Waals surface area (Å²) in [6.07, 6.45) is 1.07. The van der Waals surface area contributed by atoms with Crippen molar-refractivity contribution < 1.29 is 0 Å². The second-order valence-corrected chi connectivity index (χ2v) is 5.77. The van der Waals surface area contributed by atoms with Gasteiger partial charge in [-0.15, -0.1) is 0 Å². The Labute approximate surface area is 122 Å². The summed E-state index contributed by atoms with van der Waals surface area (Å²) < 4.78 is 2.07. The number of nitrogens with zero attached hydrogens (tertiary/aromatic N) is 2. The van der Waals surface area contributed by atoms with Crippen LogP contribution in [0.4, 0.5) is 0 Å². The van der Waals surface area contributed by atoms with Gasteiger partial charge in [-0.05, 0) is 70.0 Å². The molecule has 1 N–H and O–H groups in total. The predicted octanol–water partition coefficient (Wildman–Crippen LogP) is 3.20. The highest BCUT2D eigenvalue weighted by Crippen LogP contribution is 2.21. The molecule has 1 atom stereocenters. The van der Waals surface area contributed by atoms with Crippen molar-refractivity contribution >= 4 is 0 Å². The average Bonchev–Trinajstić information content (AvgIpc) is 2.67. The molecule has 0 radical (unpaired) electrons. The highest BCUT2D eigenvalue weighted by Gasteiger charge is 2.15. The third kappa shape index (κ3) is 3.10. The third-order valence-corrected chi connectivity index (χ3v) is 3.79. The van der Waals surface area contributed by atoms with Crippen LogP contribution in [-0.4, -0.2) is 23.4 Å². The first-order valence-corrected chi connectivity index (χ1v) is 7.29. The number of rotatable bonds is 5. The minimum Gasteiger partial charge on any atom is -0.319 e. The normalized spacial score (nSPS) is 12.7. The summed E-state index contributed by atoms with van der Waals surface area (Å²) in [5, 5.41) is 7.98. The number of hydrogen-bond acceptors (Lipinski definition) is 2. The number of nitrogens with one attached hydrogen (secondary N) is 1. The third-order valence-electron chi connectivity index (χ3n) is 3.79. The van der Waals surface area contributed by atoms with E-state index in [4.69, 9.17) is 5.10 Å². The van der Waals surface area contributed by atoms with E-state index < -0.39 is 0 Å². The van der Waals surface area contributed by atoms with Crippen molar-refractivity contribution in [3.8, 4) is 5.69 Å². The molecule has 1 heterocycles. The maximum absolute atomic E-state index is 4.73. The van der Waals surface area contributed by atoms with Crippen LogP contribution in [0.1, 0.15) is 29.4 Å². The molecule has 0 saturated carbocycles. The molecule has 0 fully saturated rings. The first-order chi connectivity index (χ1) is 9.52. The van der Waals surface area contributed by atoms with Crippen LogP contribution < -0.4 is 5.32 Å².